The Labute approximate surface area is 347 Å². The summed E-state index contributed by atoms with van der Waals surface area (Å²) in [5, 5.41) is 10.1. The van der Waals surface area contributed by atoms with Gasteiger partial charge < -0.3 is 37.3 Å². The lowest BCUT2D eigenvalue weighted by atomic mass is 9.99. The Balaban J connectivity index is 3.76. The number of carboxylic acids is 1. The third-order valence-corrected chi connectivity index (χ3v) is 26.7. The molecular weight excluding hydrogens is 848 g/mol. The van der Waals surface area contributed by atoms with Crippen LogP contribution in [-0.4, -0.2) is 99.8 Å². The van der Waals surface area contributed by atoms with Crippen LogP contribution in [0.2, 0.25) is 54.4 Å². The molecule has 13 heteroatoms. The fourth-order valence-electron chi connectivity index (χ4n) is 7.77. The van der Waals surface area contributed by atoms with Gasteiger partial charge in [0.2, 0.25) is 0 Å². The molecule has 0 saturated carbocycles. The quantitative estimate of drug-likeness (QED) is 0.0446. The highest BCUT2D eigenvalue weighted by atomic mass is 127. The lowest BCUT2D eigenvalue weighted by Gasteiger charge is -2.51. The molecule has 1 aliphatic rings. The highest BCUT2D eigenvalue weighted by Crippen LogP contribution is 2.38. The van der Waals surface area contributed by atoms with Crippen LogP contribution in [0.5, 0.6) is 0 Å². The molecule has 8 atom stereocenters. The first-order chi connectivity index (χ1) is 25.7. The van der Waals surface area contributed by atoms with Crippen molar-refractivity contribution < 1.29 is 42.1 Å². The predicted octanol–water partition coefficient (Wildman–Crippen LogP) is 11.3. The Morgan fingerprint density at radius 3 is 1.74 bits per heavy atom. The lowest BCUT2D eigenvalue weighted by molar-refractivity contribution is -0.304. The summed E-state index contributed by atoms with van der Waals surface area (Å²) in [5.41, 5.74) is 1.14. The van der Waals surface area contributed by atoms with Crippen LogP contribution in [0.3, 0.4) is 0 Å². The van der Waals surface area contributed by atoms with Crippen molar-refractivity contribution in [1.29, 1.82) is 0 Å². The Morgan fingerprint density at radius 2 is 1.30 bits per heavy atom. The highest BCUT2D eigenvalue weighted by molar-refractivity contribution is 14.1. The fourth-order valence-corrected chi connectivity index (χ4v) is 16.4. The van der Waals surface area contributed by atoms with Crippen LogP contribution in [0, 0.1) is 5.92 Å². The topological polar surface area (TPSA) is 102 Å². The minimum atomic E-state index is -2.24. The first-order valence-corrected chi connectivity index (χ1v) is 29.8. The Hall–Kier alpha value is -0.209. The average molecular weight is 927 g/mol. The van der Waals surface area contributed by atoms with Gasteiger partial charge in [0.25, 0.3) is 0 Å². The number of carbonyl (C=O) groups is 1. The standard InChI is InChI=1S/C41H79IO9Si3/c1-14-52(15-2,16-3)47-31-36-38(50-53(17-4,18-5)19-6)39(46-13)40(51-54(20-7,21-8)22-9)41(49-36)48-34(30-37(43)44)26-23-27-35(45-12)33(11)29-32(10)25-24-28-42/h23-24,26,28-29,32,34-36,38-41H,14-22,25,27,30-31H2,1-13H3,(H,43,44)/b26-23+,28-24+,33-29+/t32-,34+,35-,36+,38+,39-,40+,41+/m0/s1. The minimum Gasteiger partial charge on any atom is -0.481 e. The molecule has 1 fully saturated rings. The number of halogens is 1. The van der Waals surface area contributed by atoms with E-state index in [1.54, 1.807) is 14.2 Å². The fraction of sp³-hybridized carbons (Fsp3) is 0.829. The maximum atomic E-state index is 12.3. The Kier molecular flexibility index (Phi) is 25.6. The maximum Gasteiger partial charge on any atom is 0.306 e. The lowest BCUT2D eigenvalue weighted by Crippen LogP contribution is -2.66. The molecule has 0 aliphatic carbocycles. The van der Waals surface area contributed by atoms with Crippen molar-refractivity contribution >= 4 is 53.5 Å². The van der Waals surface area contributed by atoms with Gasteiger partial charge in [0.05, 0.1) is 25.2 Å². The van der Waals surface area contributed by atoms with Crippen LogP contribution in [0.15, 0.2) is 34.0 Å². The summed E-state index contributed by atoms with van der Waals surface area (Å²) in [5.74, 6) is -0.573. The van der Waals surface area contributed by atoms with Gasteiger partial charge in [0.1, 0.15) is 24.4 Å². The molecule has 1 rings (SSSR count). The summed E-state index contributed by atoms with van der Waals surface area (Å²) in [6, 6.07) is 8.81. The molecular formula is C41H79IO9Si3. The summed E-state index contributed by atoms with van der Waals surface area (Å²) in [6.07, 6.45) is 5.78. The van der Waals surface area contributed by atoms with Crippen molar-refractivity contribution in [3.05, 3.63) is 34.0 Å². The number of ether oxygens (including phenoxy) is 4. The van der Waals surface area contributed by atoms with Gasteiger partial charge in [-0.3, -0.25) is 4.79 Å². The second-order valence-electron chi connectivity index (χ2n) is 15.1. The molecule has 0 spiro atoms. The SMILES string of the molecule is CC[Si](CC)(CC)OC[C@H]1O[C@@H](O[C@H](/C=C/C[C@H](OC)/C(C)=C/[C@@H](C)C/C=C/I)CC(=O)O)[C@H](O[Si](CC)(CC)CC)[C@@H](OC)[C@@H]1O[Si](CC)(CC)CC. The van der Waals surface area contributed by atoms with Crippen molar-refractivity contribution in [3.8, 4) is 0 Å². The normalized spacial score (nSPS) is 23.7. The molecule has 1 heterocycles. The predicted molar refractivity (Wildman–Crippen MR) is 239 cm³/mol. The molecule has 9 nitrogen and oxygen atoms in total. The van der Waals surface area contributed by atoms with Crippen LogP contribution < -0.4 is 0 Å². The monoisotopic (exact) mass is 926 g/mol. The molecule has 54 heavy (non-hydrogen) atoms. The molecule has 0 aromatic rings. The highest BCUT2D eigenvalue weighted by Gasteiger charge is 2.53. The van der Waals surface area contributed by atoms with Crippen molar-refractivity contribution in [3.63, 3.8) is 0 Å². The number of methoxy groups -OCH3 is 2. The molecule has 1 aliphatic heterocycles. The van der Waals surface area contributed by atoms with Crippen LogP contribution in [0.4, 0.5) is 0 Å². The van der Waals surface area contributed by atoms with E-state index in [1.165, 1.54) is 0 Å². The molecule has 0 unspecified atom stereocenters. The van der Waals surface area contributed by atoms with Gasteiger partial charge in [0, 0.05) is 14.2 Å². The Bertz CT molecular complexity index is 1100. The number of hydrogen-bond acceptors (Lipinski definition) is 8. The van der Waals surface area contributed by atoms with Crippen molar-refractivity contribution in [2.75, 3.05) is 20.8 Å². The molecule has 0 radical (unpaired) electrons. The van der Waals surface area contributed by atoms with Gasteiger partial charge in [-0.1, -0.05) is 116 Å². The number of carboxylic acid groups (broad SMARTS) is 1. The summed E-state index contributed by atoms with van der Waals surface area (Å²) in [6.45, 7) is 24.7. The van der Waals surface area contributed by atoms with Crippen molar-refractivity contribution in [1.82, 2.24) is 0 Å². The first-order valence-electron chi connectivity index (χ1n) is 20.9. The molecule has 0 bridgehead atoms. The van der Waals surface area contributed by atoms with E-state index in [-0.39, 0.29) is 12.5 Å². The zero-order valence-electron chi connectivity index (χ0n) is 36.3. The van der Waals surface area contributed by atoms with Crippen molar-refractivity contribution in [2.45, 2.75) is 193 Å². The van der Waals surface area contributed by atoms with Crippen LogP contribution in [0.25, 0.3) is 0 Å². The van der Waals surface area contributed by atoms with Gasteiger partial charge in [-0.15, -0.1) is 0 Å². The van der Waals surface area contributed by atoms with E-state index in [0.29, 0.717) is 18.9 Å². The van der Waals surface area contributed by atoms with Gasteiger partial charge in [-0.05, 0) is 89.7 Å². The van der Waals surface area contributed by atoms with Crippen LogP contribution >= 0.6 is 22.6 Å². The summed E-state index contributed by atoms with van der Waals surface area (Å²) in [4.78, 5) is 12.3. The molecule has 1 N–H and O–H groups in total. The minimum absolute atomic E-state index is 0.136. The van der Waals surface area contributed by atoms with E-state index in [0.717, 1.165) is 66.4 Å². The average Bonchev–Trinajstić information content (AvgIpc) is 3.18. The second-order valence-corrected chi connectivity index (χ2v) is 30.0. The van der Waals surface area contributed by atoms with Gasteiger partial charge in [-0.25, -0.2) is 0 Å². The van der Waals surface area contributed by atoms with Gasteiger partial charge in [-0.2, -0.15) is 0 Å². The van der Waals surface area contributed by atoms with E-state index in [1.807, 2.05) is 16.2 Å². The first kappa shape index (κ1) is 51.8. The van der Waals surface area contributed by atoms with E-state index in [2.05, 4.69) is 111 Å². The number of hydrogen-bond donors (Lipinski definition) is 1. The third-order valence-electron chi connectivity index (χ3n) is 12.3. The Morgan fingerprint density at radius 1 is 0.778 bits per heavy atom. The van der Waals surface area contributed by atoms with Crippen LogP contribution in [-0.2, 0) is 37.0 Å². The zero-order chi connectivity index (χ0) is 41.0. The summed E-state index contributed by atoms with van der Waals surface area (Å²) >= 11 is 2.25. The molecule has 316 valence electrons. The van der Waals surface area contributed by atoms with Gasteiger partial charge >= 0.3 is 5.97 Å². The van der Waals surface area contributed by atoms with E-state index in [4.69, 9.17) is 32.2 Å². The molecule has 0 aromatic heterocycles. The number of allylic oxidation sites excluding steroid dienone is 2. The smallest absolute Gasteiger partial charge is 0.306 e. The van der Waals surface area contributed by atoms with E-state index < -0.39 is 67.7 Å². The molecule has 0 aromatic carbocycles. The molecule has 0 amide bonds. The maximum absolute atomic E-state index is 12.3. The largest absolute Gasteiger partial charge is 0.481 e. The van der Waals surface area contributed by atoms with Crippen LogP contribution in [0.1, 0.15) is 95.4 Å². The summed E-state index contributed by atoms with van der Waals surface area (Å²) < 4.78 is 49.7. The second kappa shape index (κ2) is 26.7. The van der Waals surface area contributed by atoms with E-state index in [9.17, 15) is 9.90 Å². The number of aliphatic carboxylic acids is 1. The van der Waals surface area contributed by atoms with Crippen molar-refractivity contribution in [2.24, 2.45) is 5.92 Å². The third kappa shape index (κ3) is 15.5. The van der Waals surface area contributed by atoms with E-state index >= 15 is 0 Å². The van der Waals surface area contributed by atoms with Gasteiger partial charge in [0.15, 0.2) is 31.2 Å². The molecule has 1 saturated heterocycles. The summed E-state index contributed by atoms with van der Waals surface area (Å²) in [7, 11) is -2.94. The zero-order valence-corrected chi connectivity index (χ0v) is 41.4. The number of rotatable bonds is 29.